The van der Waals surface area contributed by atoms with Crippen LogP contribution in [0.15, 0.2) is 24.7 Å². The first-order valence-electron chi connectivity index (χ1n) is 5.89. The lowest BCUT2D eigenvalue weighted by molar-refractivity contribution is 0.559. The Labute approximate surface area is 105 Å². The van der Waals surface area contributed by atoms with Crippen molar-refractivity contribution in [1.29, 1.82) is 0 Å². The second-order valence-corrected chi connectivity index (χ2v) is 6.81. The molecule has 0 aromatic carbocycles. The Bertz CT molecular complexity index is 650. The maximum Gasteiger partial charge on any atom is 0.152 e. The van der Waals surface area contributed by atoms with Crippen LogP contribution in [0.5, 0.6) is 0 Å². The Morgan fingerprint density at radius 3 is 2.83 bits per heavy atom. The SMILES string of the molecule is O=S1(=O)CCC(Nc2nccn3nccc23)CC1. The van der Waals surface area contributed by atoms with Crippen LogP contribution in [0.1, 0.15) is 12.8 Å². The summed E-state index contributed by atoms with van der Waals surface area (Å²) in [4.78, 5) is 4.29. The van der Waals surface area contributed by atoms with E-state index in [0.29, 0.717) is 12.8 Å². The zero-order valence-electron chi connectivity index (χ0n) is 9.78. The lowest BCUT2D eigenvalue weighted by atomic mass is 10.1. The minimum Gasteiger partial charge on any atom is -0.365 e. The van der Waals surface area contributed by atoms with Crippen LogP contribution in [0.4, 0.5) is 5.82 Å². The van der Waals surface area contributed by atoms with Crippen molar-refractivity contribution in [1.82, 2.24) is 14.6 Å². The van der Waals surface area contributed by atoms with Gasteiger partial charge >= 0.3 is 0 Å². The molecule has 0 spiro atoms. The molecule has 2 aromatic rings. The van der Waals surface area contributed by atoms with Crippen LogP contribution in [0.2, 0.25) is 0 Å². The van der Waals surface area contributed by atoms with E-state index in [0.717, 1.165) is 11.3 Å². The molecule has 0 unspecified atom stereocenters. The summed E-state index contributed by atoms with van der Waals surface area (Å²) in [6.07, 6.45) is 6.46. The van der Waals surface area contributed by atoms with Gasteiger partial charge in [0.25, 0.3) is 0 Å². The van der Waals surface area contributed by atoms with Crippen LogP contribution in [0, 0.1) is 0 Å². The van der Waals surface area contributed by atoms with Gasteiger partial charge in [-0.05, 0) is 18.9 Å². The van der Waals surface area contributed by atoms with Gasteiger partial charge in [0.1, 0.15) is 15.4 Å². The molecule has 1 saturated heterocycles. The third kappa shape index (κ3) is 2.17. The lowest BCUT2D eigenvalue weighted by Crippen LogP contribution is -2.32. The summed E-state index contributed by atoms with van der Waals surface area (Å²) >= 11 is 0. The van der Waals surface area contributed by atoms with Crippen LogP contribution in [0.25, 0.3) is 5.52 Å². The minimum absolute atomic E-state index is 0.169. The fraction of sp³-hybridized carbons (Fsp3) is 0.455. The topological polar surface area (TPSA) is 76.4 Å². The number of aromatic nitrogens is 3. The van der Waals surface area contributed by atoms with Gasteiger partial charge in [-0.3, -0.25) is 0 Å². The van der Waals surface area contributed by atoms with Crippen molar-refractivity contribution in [2.45, 2.75) is 18.9 Å². The highest BCUT2D eigenvalue weighted by atomic mass is 32.2. The normalized spacial score (nSPS) is 20.0. The molecule has 6 nitrogen and oxygen atoms in total. The standard InChI is InChI=1S/C11H14N4O2S/c16-18(17)7-2-9(3-8-18)14-11-10-1-4-13-15(10)6-5-12-11/h1,4-6,9H,2-3,7-8H2,(H,12,14). The van der Waals surface area contributed by atoms with Gasteiger partial charge in [0.05, 0.1) is 17.7 Å². The number of hydrogen-bond donors (Lipinski definition) is 1. The van der Waals surface area contributed by atoms with Gasteiger partial charge in [-0.2, -0.15) is 5.10 Å². The lowest BCUT2D eigenvalue weighted by Gasteiger charge is -2.23. The van der Waals surface area contributed by atoms with E-state index >= 15 is 0 Å². The fourth-order valence-corrected chi connectivity index (χ4v) is 3.69. The third-order valence-corrected chi connectivity index (χ3v) is 4.94. The number of nitrogens with one attached hydrogen (secondary N) is 1. The van der Waals surface area contributed by atoms with Gasteiger partial charge in [-0.15, -0.1) is 0 Å². The maximum atomic E-state index is 11.4. The molecule has 18 heavy (non-hydrogen) atoms. The molecule has 0 radical (unpaired) electrons. The van der Waals surface area contributed by atoms with Gasteiger partial charge in [-0.25, -0.2) is 17.9 Å². The first-order valence-corrected chi connectivity index (χ1v) is 7.71. The van der Waals surface area contributed by atoms with Crippen molar-refractivity contribution in [2.75, 3.05) is 16.8 Å². The summed E-state index contributed by atoms with van der Waals surface area (Å²) in [5.74, 6) is 1.28. The van der Waals surface area contributed by atoms with Crippen molar-refractivity contribution in [3.05, 3.63) is 24.7 Å². The highest BCUT2D eigenvalue weighted by Crippen LogP contribution is 2.19. The number of anilines is 1. The third-order valence-electron chi connectivity index (χ3n) is 3.22. The van der Waals surface area contributed by atoms with Gasteiger partial charge in [0.2, 0.25) is 0 Å². The van der Waals surface area contributed by atoms with E-state index in [4.69, 9.17) is 0 Å². The first kappa shape index (κ1) is 11.5. The maximum absolute atomic E-state index is 11.4. The van der Waals surface area contributed by atoms with Crippen LogP contribution in [-0.4, -0.2) is 40.6 Å². The molecule has 0 saturated carbocycles. The second kappa shape index (κ2) is 4.24. The zero-order valence-corrected chi connectivity index (χ0v) is 10.6. The fourth-order valence-electron chi connectivity index (χ4n) is 2.20. The Morgan fingerprint density at radius 2 is 2.06 bits per heavy atom. The molecule has 0 amide bonds. The molecular formula is C11H14N4O2S. The zero-order chi connectivity index (χ0) is 12.6. The number of fused-ring (bicyclic) bond motifs is 1. The van der Waals surface area contributed by atoms with E-state index < -0.39 is 9.84 Å². The van der Waals surface area contributed by atoms with Gasteiger partial charge in [0.15, 0.2) is 5.82 Å². The van der Waals surface area contributed by atoms with Crippen LogP contribution in [-0.2, 0) is 9.84 Å². The molecule has 0 atom stereocenters. The summed E-state index contributed by atoms with van der Waals surface area (Å²) in [5, 5.41) is 7.45. The van der Waals surface area contributed by atoms with Crippen molar-refractivity contribution in [2.24, 2.45) is 0 Å². The van der Waals surface area contributed by atoms with Crippen LogP contribution >= 0.6 is 0 Å². The summed E-state index contributed by atoms with van der Waals surface area (Å²) < 4.78 is 24.5. The Morgan fingerprint density at radius 1 is 1.28 bits per heavy atom. The highest BCUT2D eigenvalue weighted by Gasteiger charge is 2.24. The summed E-state index contributed by atoms with van der Waals surface area (Å²) in [7, 11) is -2.82. The number of nitrogens with zero attached hydrogens (tertiary/aromatic N) is 3. The Balaban J connectivity index is 1.79. The number of sulfone groups is 1. The number of rotatable bonds is 2. The van der Waals surface area contributed by atoms with Gasteiger partial charge in [-0.1, -0.05) is 0 Å². The van der Waals surface area contributed by atoms with E-state index in [-0.39, 0.29) is 17.5 Å². The molecule has 96 valence electrons. The van der Waals surface area contributed by atoms with Gasteiger partial charge < -0.3 is 5.32 Å². The smallest absolute Gasteiger partial charge is 0.152 e. The number of hydrogen-bond acceptors (Lipinski definition) is 5. The predicted octanol–water partition coefficient (Wildman–Crippen LogP) is 0.718. The Kier molecular flexibility index (Phi) is 2.70. The molecule has 7 heteroatoms. The molecule has 1 aliphatic heterocycles. The predicted molar refractivity (Wildman–Crippen MR) is 68.3 cm³/mol. The quantitative estimate of drug-likeness (QED) is 0.866. The Hall–Kier alpha value is -1.63. The average Bonchev–Trinajstić information content (AvgIpc) is 2.81. The van der Waals surface area contributed by atoms with Crippen LogP contribution in [0.3, 0.4) is 0 Å². The molecule has 0 bridgehead atoms. The molecule has 1 aliphatic rings. The summed E-state index contributed by atoms with van der Waals surface area (Å²) in [6.45, 7) is 0. The summed E-state index contributed by atoms with van der Waals surface area (Å²) in [5.41, 5.74) is 0.908. The van der Waals surface area contributed by atoms with E-state index in [1.165, 1.54) is 0 Å². The largest absolute Gasteiger partial charge is 0.365 e. The van der Waals surface area contributed by atoms with Crippen molar-refractivity contribution >= 4 is 21.2 Å². The van der Waals surface area contributed by atoms with E-state index in [1.54, 1.807) is 23.1 Å². The van der Waals surface area contributed by atoms with Gasteiger partial charge in [0, 0.05) is 18.4 Å². The first-order chi connectivity index (χ1) is 8.64. The van der Waals surface area contributed by atoms with Crippen molar-refractivity contribution in [3.8, 4) is 0 Å². The second-order valence-electron chi connectivity index (χ2n) is 4.51. The monoisotopic (exact) mass is 266 g/mol. The molecule has 3 rings (SSSR count). The van der Waals surface area contributed by atoms with E-state index in [9.17, 15) is 8.42 Å². The summed E-state index contributed by atoms with van der Waals surface area (Å²) in [6, 6.07) is 2.05. The molecule has 1 fully saturated rings. The van der Waals surface area contributed by atoms with Crippen molar-refractivity contribution < 1.29 is 8.42 Å². The van der Waals surface area contributed by atoms with E-state index in [1.807, 2.05) is 6.07 Å². The van der Waals surface area contributed by atoms with Crippen molar-refractivity contribution in [3.63, 3.8) is 0 Å². The minimum atomic E-state index is -2.82. The molecule has 3 heterocycles. The average molecular weight is 266 g/mol. The molecular weight excluding hydrogens is 252 g/mol. The van der Waals surface area contributed by atoms with Crippen LogP contribution < -0.4 is 5.32 Å². The molecule has 0 aliphatic carbocycles. The molecule has 1 N–H and O–H groups in total. The van der Waals surface area contributed by atoms with E-state index in [2.05, 4.69) is 15.4 Å². The highest BCUT2D eigenvalue weighted by molar-refractivity contribution is 7.91. The molecule has 2 aromatic heterocycles.